The fourth-order valence-corrected chi connectivity index (χ4v) is 2.20. The maximum atomic E-state index is 12.3. The van der Waals surface area contributed by atoms with E-state index in [1.165, 1.54) is 13.3 Å². The van der Waals surface area contributed by atoms with E-state index < -0.39 is 0 Å². The zero-order valence-corrected chi connectivity index (χ0v) is 12.3. The van der Waals surface area contributed by atoms with Crippen LogP contribution in [-0.2, 0) is 4.79 Å². The predicted molar refractivity (Wildman–Crippen MR) is 77.2 cm³/mol. The lowest BCUT2D eigenvalue weighted by Crippen LogP contribution is -2.50. The molecule has 0 aliphatic carbocycles. The Hall–Kier alpha value is -2.15. The van der Waals surface area contributed by atoms with Crippen LogP contribution in [0, 0.1) is 0 Å². The van der Waals surface area contributed by atoms with Gasteiger partial charge in [0.05, 0.1) is 19.2 Å². The minimum atomic E-state index is -0.0373. The molecule has 21 heavy (non-hydrogen) atoms. The van der Waals surface area contributed by atoms with Gasteiger partial charge in [-0.1, -0.05) is 0 Å². The molecule has 1 aliphatic heterocycles. The normalized spacial score (nSPS) is 15.6. The number of likely N-dealkylation sites (N-methyl/N-ethyl adjacent to an activating group) is 1. The van der Waals surface area contributed by atoms with E-state index in [4.69, 9.17) is 4.74 Å². The summed E-state index contributed by atoms with van der Waals surface area (Å²) in [6, 6.07) is 3.39. The highest BCUT2D eigenvalue weighted by molar-refractivity contribution is 5.94. The van der Waals surface area contributed by atoms with Crippen molar-refractivity contribution in [1.29, 1.82) is 0 Å². The Balaban J connectivity index is 1.89. The molecule has 0 bridgehead atoms. The van der Waals surface area contributed by atoms with E-state index in [2.05, 4.69) is 10.3 Å². The number of carbonyl (C=O) groups is 2. The molecule has 1 N–H and O–H groups in total. The zero-order chi connectivity index (χ0) is 15.2. The smallest absolute Gasteiger partial charge is 0.255 e. The summed E-state index contributed by atoms with van der Waals surface area (Å²) in [7, 11) is 3.16. The summed E-state index contributed by atoms with van der Waals surface area (Å²) in [5.74, 6) is 0.445. The maximum absolute atomic E-state index is 12.3. The second-order valence-corrected chi connectivity index (χ2v) is 4.83. The molecule has 1 saturated heterocycles. The van der Waals surface area contributed by atoms with Crippen LogP contribution in [-0.4, -0.2) is 73.5 Å². The van der Waals surface area contributed by atoms with Crippen molar-refractivity contribution in [3.63, 3.8) is 0 Å². The second-order valence-electron chi connectivity index (χ2n) is 4.83. The monoisotopic (exact) mass is 292 g/mol. The van der Waals surface area contributed by atoms with Crippen LogP contribution in [0.25, 0.3) is 0 Å². The minimum absolute atomic E-state index is 0.00543. The number of nitrogens with zero attached hydrogens (tertiary/aromatic N) is 3. The largest absolute Gasteiger partial charge is 0.481 e. The Morgan fingerprint density at radius 1 is 1.29 bits per heavy atom. The van der Waals surface area contributed by atoms with Gasteiger partial charge >= 0.3 is 0 Å². The van der Waals surface area contributed by atoms with Gasteiger partial charge in [-0.2, -0.15) is 0 Å². The van der Waals surface area contributed by atoms with E-state index in [0.717, 1.165) is 0 Å². The van der Waals surface area contributed by atoms with Crippen molar-refractivity contribution in [1.82, 2.24) is 20.1 Å². The molecule has 0 saturated carbocycles. The van der Waals surface area contributed by atoms with Gasteiger partial charge < -0.3 is 15.0 Å². The van der Waals surface area contributed by atoms with Gasteiger partial charge in [-0.05, 0) is 6.07 Å². The number of hydrogen-bond acceptors (Lipinski definition) is 5. The molecule has 7 nitrogen and oxygen atoms in total. The number of aromatic nitrogens is 1. The Morgan fingerprint density at radius 3 is 2.52 bits per heavy atom. The van der Waals surface area contributed by atoms with Crippen molar-refractivity contribution in [2.75, 3.05) is 46.9 Å². The first-order valence-corrected chi connectivity index (χ1v) is 6.86. The molecule has 2 rings (SSSR count). The second kappa shape index (κ2) is 7.03. The lowest BCUT2D eigenvalue weighted by Gasteiger charge is -2.34. The fourth-order valence-electron chi connectivity index (χ4n) is 2.20. The van der Waals surface area contributed by atoms with E-state index in [9.17, 15) is 9.59 Å². The average molecular weight is 292 g/mol. The molecular weight excluding hydrogens is 272 g/mol. The summed E-state index contributed by atoms with van der Waals surface area (Å²) in [6.07, 6.45) is 1.53. The molecule has 2 amide bonds. The SMILES string of the molecule is CNC(=O)CN1CCN(C(=O)c2ccc(OC)nc2)CC1. The predicted octanol–water partition coefficient (Wildman–Crippen LogP) is -0.406. The molecule has 1 aliphatic rings. The number of carbonyl (C=O) groups excluding carboxylic acids is 2. The molecule has 0 spiro atoms. The van der Waals surface area contributed by atoms with Crippen molar-refractivity contribution < 1.29 is 14.3 Å². The number of amides is 2. The third kappa shape index (κ3) is 3.91. The van der Waals surface area contributed by atoms with Gasteiger partial charge in [0, 0.05) is 45.5 Å². The van der Waals surface area contributed by atoms with E-state index >= 15 is 0 Å². The quantitative estimate of drug-likeness (QED) is 0.817. The van der Waals surface area contributed by atoms with Gasteiger partial charge in [-0.15, -0.1) is 0 Å². The minimum Gasteiger partial charge on any atom is -0.481 e. The van der Waals surface area contributed by atoms with Gasteiger partial charge in [-0.25, -0.2) is 4.98 Å². The maximum Gasteiger partial charge on any atom is 0.255 e. The molecule has 0 aromatic carbocycles. The number of piperazine rings is 1. The zero-order valence-electron chi connectivity index (χ0n) is 12.3. The number of ether oxygens (including phenoxy) is 1. The number of hydrogen-bond donors (Lipinski definition) is 1. The van der Waals surface area contributed by atoms with Gasteiger partial charge in [0.2, 0.25) is 11.8 Å². The molecule has 1 aromatic rings. The average Bonchev–Trinajstić information content (AvgIpc) is 2.55. The van der Waals surface area contributed by atoms with Crippen LogP contribution in [0.5, 0.6) is 5.88 Å². The molecule has 1 aromatic heterocycles. The molecule has 0 radical (unpaired) electrons. The number of rotatable bonds is 4. The molecule has 2 heterocycles. The molecule has 7 heteroatoms. The number of nitrogens with one attached hydrogen (secondary N) is 1. The van der Waals surface area contributed by atoms with Crippen LogP contribution in [0.15, 0.2) is 18.3 Å². The Morgan fingerprint density at radius 2 is 2.00 bits per heavy atom. The first-order valence-electron chi connectivity index (χ1n) is 6.86. The van der Waals surface area contributed by atoms with Crippen LogP contribution in [0.1, 0.15) is 10.4 Å². The summed E-state index contributed by atoms with van der Waals surface area (Å²) in [5.41, 5.74) is 0.551. The topological polar surface area (TPSA) is 74.8 Å². The first kappa shape index (κ1) is 15.2. The van der Waals surface area contributed by atoms with Crippen LogP contribution in [0.4, 0.5) is 0 Å². The van der Waals surface area contributed by atoms with Crippen LogP contribution in [0.3, 0.4) is 0 Å². The van der Waals surface area contributed by atoms with Crippen LogP contribution in [0.2, 0.25) is 0 Å². The van der Waals surface area contributed by atoms with Crippen molar-refractivity contribution in [2.24, 2.45) is 0 Å². The first-order chi connectivity index (χ1) is 10.1. The third-order valence-corrected chi connectivity index (χ3v) is 3.50. The molecule has 1 fully saturated rings. The van der Waals surface area contributed by atoms with Crippen molar-refractivity contribution in [2.45, 2.75) is 0 Å². The third-order valence-electron chi connectivity index (χ3n) is 3.50. The van der Waals surface area contributed by atoms with Crippen molar-refractivity contribution >= 4 is 11.8 Å². The van der Waals surface area contributed by atoms with Crippen molar-refractivity contribution in [3.8, 4) is 5.88 Å². The molecular formula is C14H20N4O3. The summed E-state index contributed by atoms with van der Waals surface area (Å²) < 4.78 is 4.98. The highest BCUT2D eigenvalue weighted by Gasteiger charge is 2.23. The van der Waals surface area contributed by atoms with Gasteiger partial charge in [0.15, 0.2) is 0 Å². The summed E-state index contributed by atoms with van der Waals surface area (Å²) in [4.78, 5) is 31.5. The van der Waals surface area contributed by atoms with E-state index in [0.29, 0.717) is 44.2 Å². The number of pyridine rings is 1. The summed E-state index contributed by atoms with van der Waals surface area (Å²) >= 11 is 0. The standard InChI is InChI=1S/C14H20N4O3/c1-15-12(19)10-17-5-7-18(8-6-17)14(20)11-3-4-13(21-2)16-9-11/h3-4,9H,5-8,10H2,1-2H3,(H,15,19). The van der Waals surface area contributed by atoms with Crippen molar-refractivity contribution in [3.05, 3.63) is 23.9 Å². The van der Waals surface area contributed by atoms with E-state index in [1.807, 2.05) is 4.90 Å². The molecule has 0 atom stereocenters. The lowest BCUT2D eigenvalue weighted by molar-refractivity contribution is -0.122. The summed E-state index contributed by atoms with van der Waals surface area (Å²) in [6.45, 7) is 3.00. The van der Waals surface area contributed by atoms with E-state index in [-0.39, 0.29) is 11.8 Å². The van der Waals surface area contributed by atoms with Crippen LogP contribution < -0.4 is 10.1 Å². The van der Waals surface area contributed by atoms with Gasteiger partial charge in [0.25, 0.3) is 5.91 Å². The lowest BCUT2D eigenvalue weighted by atomic mass is 10.2. The highest BCUT2D eigenvalue weighted by atomic mass is 16.5. The van der Waals surface area contributed by atoms with Gasteiger partial charge in [0.1, 0.15) is 0 Å². The Labute approximate surface area is 123 Å². The van der Waals surface area contributed by atoms with E-state index in [1.54, 1.807) is 24.1 Å². The van der Waals surface area contributed by atoms with Crippen LogP contribution >= 0.6 is 0 Å². The molecule has 0 unspecified atom stereocenters. The highest BCUT2D eigenvalue weighted by Crippen LogP contribution is 2.11. The molecule has 114 valence electrons. The van der Waals surface area contributed by atoms with Gasteiger partial charge in [-0.3, -0.25) is 14.5 Å². The Bertz CT molecular complexity index is 495. The summed E-state index contributed by atoms with van der Waals surface area (Å²) in [5, 5.41) is 2.60. The fraction of sp³-hybridized carbons (Fsp3) is 0.500. The Kier molecular flexibility index (Phi) is 5.10. The number of methoxy groups -OCH3 is 1.